The zero-order valence-electron chi connectivity index (χ0n) is 37.1. The number of pyridine rings is 2. The molecule has 0 unspecified atom stereocenters. The van der Waals surface area contributed by atoms with Crippen LogP contribution in [0, 0.1) is 13.8 Å². The fourth-order valence-electron chi connectivity index (χ4n) is 12.5. The molecular weight excluding hydrogens is 801 g/mol. The minimum absolute atomic E-state index is 1.21. The second-order valence-corrected chi connectivity index (χ2v) is 18.6. The standard InChI is InChI=1S/C62H42N4/c1-35-33-38(28-30-40(35)59-61-55(47-19-9-10-24-51(47)63(59)3)48-22-13-20-45-43-17-7-11-25-53(43)65(61)57(45)48)39-29-32-52-50(34-39)56-49-23-14-21-46-44-18-8-12-26-54(44)66(58(46)49)62(56)60(64(52)4)42-31-27-37-15-5-6-16-41(37)36(42)2/h5-34H,1-4H3/q+2. The van der Waals surface area contributed by atoms with Gasteiger partial charge >= 0.3 is 0 Å². The Morgan fingerprint density at radius 1 is 0.348 bits per heavy atom. The maximum Gasteiger partial charge on any atom is 0.238 e. The minimum atomic E-state index is 1.21. The predicted octanol–water partition coefficient (Wildman–Crippen LogP) is 14.7. The number of hydrogen-bond acceptors (Lipinski definition) is 0. The monoisotopic (exact) mass is 842 g/mol. The molecule has 0 aliphatic heterocycles. The molecule has 0 saturated heterocycles. The lowest BCUT2D eigenvalue weighted by molar-refractivity contribution is -0.632. The van der Waals surface area contributed by atoms with Gasteiger partial charge in [-0.3, -0.25) is 0 Å². The Labute approximate surface area is 379 Å². The van der Waals surface area contributed by atoms with Gasteiger partial charge in [0.25, 0.3) is 0 Å². The molecule has 9 aromatic carbocycles. The quantitative estimate of drug-likeness (QED) is 0.158. The average Bonchev–Trinajstić information content (AvgIpc) is 4.10. The molecule has 0 aliphatic carbocycles. The normalized spacial score (nSPS) is 12.5. The van der Waals surface area contributed by atoms with Gasteiger partial charge in [-0.15, -0.1) is 0 Å². The summed E-state index contributed by atoms with van der Waals surface area (Å²) in [6.45, 7) is 4.59. The molecule has 308 valence electrons. The zero-order chi connectivity index (χ0) is 43.7. The van der Waals surface area contributed by atoms with Crippen LogP contribution in [0.4, 0.5) is 0 Å². The molecule has 0 spiro atoms. The van der Waals surface area contributed by atoms with Gasteiger partial charge in [-0.05, 0) is 89.3 Å². The van der Waals surface area contributed by atoms with Gasteiger partial charge in [0.2, 0.25) is 22.4 Å². The molecule has 0 fully saturated rings. The smallest absolute Gasteiger partial charge is 0.238 e. The van der Waals surface area contributed by atoms with Gasteiger partial charge in [-0.2, -0.15) is 9.13 Å². The number of aromatic nitrogens is 4. The van der Waals surface area contributed by atoms with E-state index in [0.29, 0.717) is 0 Å². The van der Waals surface area contributed by atoms with Crippen LogP contribution in [-0.4, -0.2) is 8.80 Å². The molecule has 4 heteroatoms. The van der Waals surface area contributed by atoms with Crippen LogP contribution in [-0.2, 0) is 14.1 Å². The van der Waals surface area contributed by atoms with Crippen LogP contribution >= 0.6 is 0 Å². The van der Waals surface area contributed by atoms with E-state index in [2.05, 4.69) is 228 Å². The van der Waals surface area contributed by atoms with Crippen LogP contribution in [0.5, 0.6) is 0 Å². The number of nitrogens with zero attached hydrogens (tertiary/aromatic N) is 4. The van der Waals surface area contributed by atoms with Gasteiger partial charge in [0.15, 0.2) is 0 Å². The van der Waals surface area contributed by atoms with Gasteiger partial charge in [0, 0.05) is 55.2 Å². The molecule has 0 N–H and O–H groups in total. The molecule has 6 heterocycles. The largest absolute Gasteiger partial charge is 0.302 e. The van der Waals surface area contributed by atoms with E-state index < -0.39 is 0 Å². The minimum Gasteiger partial charge on any atom is -0.302 e. The molecule has 66 heavy (non-hydrogen) atoms. The Balaban J connectivity index is 1.00. The third-order valence-corrected chi connectivity index (χ3v) is 15.4. The zero-order valence-corrected chi connectivity index (χ0v) is 37.1. The van der Waals surface area contributed by atoms with E-state index in [1.54, 1.807) is 0 Å². The first-order chi connectivity index (χ1) is 32.5. The highest BCUT2D eigenvalue weighted by molar-refractivity contribution is 6.31. The summed E-state index contributed by atoms with van der Waals surface area (Å²) in [5.41, 5.74) is 20.0. The van der Waals surface area contributed by atoms with E-state index >= 15 is 0 Å². The number of para-hydroxylation sites is 5. The number of fused-ring (bicyclic) bond motifs is 17. The van der Waals surface area contributed by atoms with Crippen LogP contribution in [0.15, 0.2) is 182 Å². The highest BCUT2D eigenvalue weighted by atomic mass is 15.0. The van der Waals surface area contributed by atoms with Crippen LogP contribution in [0.3, 0.4) is 0 Å². The molecule has 15 aromatic rings. The summed E-state index contributed by atoms with van der Waals surface area (Å²) in [6, 6.07) is 68.2. The number of rotatable bonds is 3. The lowest BCUT2D eigenvalue weighted by Crippen LogP contribution is -2.33. The summed E-state index contributed by atoms with van der Waals surface area (Å²) in [7, 11) is 4.51. The van der Waals surface area contributed by atoms with E-state index in [1.807, 2.05) is 0 Å². The summed E-state index contributed by atoms with van der Waals surface area (Å²) in [5, 5.41) is 15.5. The summed E-state index contributed by atoms with van der Waals surface area (Å²) < 4.78 is 9.99. The molecule has 0 radical (unpaired) electrons. The van der Waals surface area contributed by atoms with E-state index in [0.717, 1.165) is 0 Å². The third-order valence-electron chi connectivity index (χ3n) is 15.4. The van der Waals surface area contributed by atoms with Crippen LogP contribution < -0.4 is 9.13 Å². The molecule has 4 nitrogen and oxygen atoms in total. The summed E-state index contributed by atoms with van der Waals surface area (Å²) in [5.74, 6) is 0. The van der Waals surface area contributed by atoms with Gasteiger partial charge < -0.3 is 8.80 Å². The second kappa shape index (κ2) is 12.7. The average molecular weight is 843 g/mol. The molecule has 6 aromatic heterocycles. The number of aryl methyl sites for hydroxylation is 4. The van der Waals surface area contributed by atoms with E-state index in [4.69, 9.17) is 0 Å². The lowest BCUT2D eigenvalue weighted by Gasteiger charge is -2.14. The Morgan fingerprint density at radius 3 is 1.50 bits per heavy atom. The van der Waals surface area contributed by atoms with E-state index in [-0.39, 0.29) is 0 Å². The van der Waals surface area contributed by atoms with Crippen LogP contribution in [0.1, 0.15) is 11.1 Å². The Kier molecular flexibility index (Phi) is 6.93. The molecule has 0 saturated carbocycles. The maximum absolute atomic E-state index is 2.56. The fourth-order valence-corrected chi connectivity index (χ4v) is 12.5. The first-order valence-corrected chi connectivity index (χ1v) is 23.1. The summed E-state index contributed by atoms with van der Waals surface area (Å²) in [6.07, 6.45) is 0. The highest BCUT2D eigenvalue weighted by Gasteiger charge is 2.32. The molecule has 0 bridgehead atoms. The Bertz CT molecular complexity index is 4620. The fraction of sp³-hybridized carbons (Fsp3) is 0.0645. The van der Waals surface area contributed by atoms with Gasteiger partial charge in [0.05, 0.1) is 44.0 Å². The van der Waals surface area contributed by atoms with Gasteiger partial charge in [-0.25, -0.2) is 0 Å². The van der Waals surface area contributed by atoms with Crippen molar-refractivity contribution in [1.82, 2.24) is 8.80 Å². The second-order valence-electron chi connectivity index (χ2n) is 18.6. The van der Waals surface area contributed by atoms with Crippen LogP contribution in [0.2, 0.25) is 0 Å². The van der Waals surface area contributed by atoms with Crippen molar-refractivity contribution in [1.29, 1.82) is 0 Å². The van der Waals surface area contributed by atoms with Gasteiger partial charge in [-0.1, -0.05) is 127 Å². The molecular formula is C62H42N4+2. The molecule has 0 aliphatic rings. The lowest BCUT2D eigenvalue weighted by atomic mass is 9.93. The van der Waals surface area contributed by atoms with Crippen molar-refractivity contribution in [2.24, 2.45) is 14.1 Å². The van der Waals surface area contributed by atoms with Crippen molar-refractivity contribution < 1.29 is 9.13 Å². The van der Waals surface area contributed by atoms with E-state index in [1.165, 1.54) is 154 Å². The molecule has 15 rings (SSSR count). The highest BCUT2D eigenvalue weighted by Crippen LogP contribution is 2.47. The number of benzene rings is 9. The van der Waals surface area contributed by atoms with Crippen molar-refractivity contribution in [2.45, 2.75) is 13.8 Å². The van der Waals surface area contributed by atoms with Crippen molar-refractivity contribution in [3.63, 3.8) is 0 Å². The maximum atomic E-state index is 2.56. The third kappa shape index (κ3) is 4.39. The van der Waals surface area contributed by atoms with Gasteiger partial charge in [0.1, 0.15) is 25.1 Å². The first-order valence-electron chi connectivity index (χ1n) is 23.1. The summed E-state index contributed by atoms with van der Waals surface area (Å²) >= 11 is 0. The van der Waals surface area contributed by atoms with Crippen LogP contribution in [0.25, 0.3) is 142 Å². The summed E-state index contributed by atoms with van der Waals surface area (Å²) in [4.78, 5) is 0. The molecule has 0 amide bonds. The van der Waals surface area contributed by atoms with Crippen molar-refractivity contribution in [2.75, 3.05) is 0 Å². The Hall–Kier alpha value is -8.34. The van der Waals surface area contributed by atoms with Crippen molar-refractivity contribution in [3.05, 3.63) is 193 Å². The first kappa shape index (κ1) is 36.0. The SMILES string of the molecule is Cc1cc(-c2ccc3c(c2)c2c4cccc5c6ccccc6n(c2c(-c2ccc6ccccc6c2C)[n+]3C)c54)ccc1-c1c2c(c3cccc4c5ccccc5n2c43)c2ccccc2[n+]1C. The topological polar surface area (TPSA) is 16.6 Å². The van der Waals surface area contributed by atoms with Crippen molar-refractivity contribution >= 4 is 109 Å². The number of hydrogen-bond donors (Lipinski definition) is 0. The Morgan fingerprint density at radius 2 is 0.833 bits per heavy atom. The van der Waals surface area contributed by atoms with Crippen molar-refractivity contribution in [3.8, 4) is 33.6 Å². The van der Waals surface area contributed by atoms with E-state index in [9.17, 15) is 0 Å². The predicted molar refractivity (Wildman–Crippen MR) is 276 cm³/mol. The molecule has 0 atom stereocenters.